The number of carbonyl (C=O) groups is 2. The molecule has 8 nitrogen and oxygen atoms in total. The second kappa shape index (κ2) is 7.77. The quantitative estimate of drug-likeness (QED) is 0.881. The van der Waals surface area contributed by atoms with Crippen molar-refractivity contribution in [1.29, 1.82) is 0 Å². The first-order chi connectivity index (χ1) is 12.1. The molecule has 1 atom stereocenters. The lowest BCUT2D eigenvalue weighted by Gasteiger charge is -2.38. The number of piperazine rings is 1. The van der Waals surface area contributed by atoms with Gasteiger partial charge in [-0.3, -0.25) is 9.69 Å². The maximum atomic E-state index is 12.5. The van der Waals surface area contributed by atoms with E-state index < -0.39 is 0 Å². The van der Waals surface area contributed by atoms with E-state index >= 15 is 0 Å². The molecule has 8 heteroatoms. The van der Waals surface area contributed by atoms with E-state index in [0.29, 0.717) is 37.6 Å². The van der Waals surface area contributed by atoms with E-state index in [0.717, 1.165) is 25.9 Å². The summed E-state index contributed by atoms with van der Waals surface area (Å²) in [7, 11) is 0. The molecule has 0 aromatic carbocycles. The molecule has 0 bridgehead atoms. The molecule has 25 heavy (non-hydrogen) atoms. The van der Waals surface area contributed by atoms with Gasteiger partial charge in [0.2, 0.25) is 5.91 Å². The monoisotopic (exact) mass is 346 g/mol. The number of rotatable bonds is 3. The van der Waals surface area contributed by atoms with Gasteiger partial charge in [-0.1, -0.05) is 0 Å². The zero-order valence-electron chi connectivity index (χ0n) is 14.9. The molecule has 1 aromatic heterocycles. The predicted octanol–water partition coefficient (Wildman–Crippen LogP) is 0.945. The van der Waals surface area contributed by atoms with E-state index in [1.54, 1.807) is 17.2 Å². The van der Waals surface area contributed by atoms with Crippen LogP contribution in [0.2, 0.25) is 0 Å². The smallest absolute Gasteiger partial charge is 0.321 e. The molecule has 0 spiro atoms. The summed E-state index contributed by atoms with van der Waals surface area (Å²) in [5.41, 5.74) is 1.37. The van der Waals surface area contributed by atoms with Gasteiger partial charge in [-0.2, -0.15) is 10.2 Å². The van der Waals surface area contributed by atoms with Crippen molar-refractivity contribution in [3.05, 3.63) is 18.0 Å². The topological polar surface area (TPSA) is 81.7 Å². The number of aromatic nitrogens is 2. The van der Waals surface area contributed by atoms with Gasteiger partial charge in [0.15, 0.2) is 0 Å². The highest BCUT2D eigenvalue weighted by Crippen LogP contribution is 2.15. The molecule has 136 valence electrons. The highest BCUT2D eigenvalue weighted by molar-refractivity contribution is 5.89. The zero-order chi connectivity index (χ0) is 17.8. The molecular weight excluding hydrogens is 320 g/mol. The fourth-order valence-corrected chi connectivity index (χ4v) is 3.40. The number of hydrogen-bond acceptors (Lipinski definition) is 5. The van der Waals surface area contributed by atoms with Crippen LogP contribution in [0.5, 0.6) is 0 Å². The summed E-state index contributed by atoms with van der Waals surface area (Å²) in [5.74, 6) is 0.217. The van der Waals surface area contributed by atoms with E-state index in [-0.39, 0.29) is 18.0 Å². The standard InChI is InChI=1S/C17H26N6O2/c1-13-15(5-6-18-20-13)19-17(25)23-11-9-21(10-12-23)14(2)16(24)22-7-3-4-8-22/h5-6,14H,3-4,7-12H2,1-2H3,(H,18,19,25). The molecule has 1 aromatic rings. The Labute approximate surface area is 148 Å². The van der Waals surface area contributed by atoms with Gasteiger partial charge in [0, 0.05) is 39.3 Å². The maximum absolute atomic E-state index is 12.5. The molecule has 2 aliphatic heterocycles. The van der Waals surface area contributed by atoms with Crippen molar-refractivity contribution in [2.24, 2.45) is 0 Å². The number of anilines is 1. The lowest BCUT2D eigenvalue weighted by atomic mass is 10.2. The van der Waals surface area contributed by atoms with Gasteiger partial charge in [0.05, 0.1) is 23.6 Å². The van der Waals surface area contributed by atoms with Crippen molar-refractivity contribution in [3.8, 4) is 0 Å². The van der Waals surface area contributed by atoms with Gasteiger partial charge in [-0.25, -0.2) is 4.79 Å². The van der Waals surface area contributed by atoms with Crippen LogP contribution in [0.1, 0.15) is 25.5 Å². The minimum absolute atomic E-state index is 0.116. The summed E-state index contributed by atoms with van der Waals surface area (Å²) in [5, 5.41) is 10.6. The molecule has 0 radical (unpaired) electrons. The number of urea groups is 1. The Bertz CT molecular complexity index is 623. The third-order valence-corrected chi connectivity index (χ3v) is 5.07. The molecule has 3 amide bonds. The molecule has 1 N–H and O–H groups in total. The van der Waals surface area contributed by atoms with Crippen molar-refractivity contribution in [3.63, 3.8) is 0 Å². The van der Waals surface area contributed by atoms with Crippen molar-refractivity contribution < 1.29 is 9.59 Å². The summed E-state index contributed by atoms with van der Waals surface area (Å²) in [4.78, 5) is 30.8. The molecule has 2 aliphatic rings. The fourth-order valence-electron chi connectivity index (χ4n) is 3.40. The van der Waals surface area contributed by atoms with Gasteiger partial charge in [-0.15, -0.1) is 0 Å². The zero-order valence-corrected chi connectivity index (χ0v) is 14.9. The SMILES string of the molecule is Cc1nnccc1NC(=O)N1CCN(C(C)C(=O)N2CCCC2)CC1. The molecule has 0 saturated carbocycles. The highest BCUT2D eigenvalue weighted by Gasteiger charge is 2.31. The molecule has 2 fully saturated rings. The summed E-state index contributed by atoms with van der Waals surface area (Å²) >= 11 is 0. The summed E-state index contributed by atoms with van der Waals surface area (Å²) in [6, 6.07) is 1.50. The number of aryl methyl sites for hydroxylation is 1. The number of hydrogen-bond donors (Lipinski definition) is 1. The average molecular weight is 346 g/mol. The van der Waals surface area contributed by atoms with Crippen LogP contribution in [-0.4, -0.2) is 82.1 Å². The number of nitrogens with zero attached hydrogens (tertiary/aromatic N) is 5. The molecule has 0 aliphatic carbocycles. The Morgan fingerprint density at radius 1 is 1.08 bits per heavy atom. The minimum atomic E-state index is -0.130. The Hall–Kier alpha value is -2.22. The molecule has 3 rings (SSSR count). The van der Waals surface area contributed by atoms with Crippen LogP contribution >= 0.6 is 0 Å². The van der Waals surface area contributed by atoms with Gasteiger partial charge in [0.25, 0.3) is 0 Å². The lowest BCUT2D eigenvalue weighted by Crippen LogP contribution is -2.55. The predicted molar refractivity (Wildman–Crippen MR) is 94.2 cm³/mol. The second-order valence-electron chi connectivity index (χ2n) is 6.69. The highest BCUT2D eigenvalue weighted by atomic mass is 16.2. The van der Waals surface area contributed by atoms with Crippen molar-refractivity contribution in [2.45, 2.75) is 32.7 Å². The van der Waals surface area contributed by atoms with Crippen LogP contribution in [0.15, 0.2) is 12.3 Å². The minimum Gasteiger partial charge on any atom is -0.341 e. The van der Waals surface area contributed by atoms with E-state index in [4.69, 9.17) is 0 Å². The van der Waals surface area contributed by atoms with Crippen LogP contribution in [0.25, 0.3) is 0 Å². The van der Waals surface area contributed by atoms with E-state index in [2.05, 4.69) is 20.4 Å². The van der Waals surface area contributed by atoms with Crippen molar-refractivity contribution in [1.82, 2.24) is 24.9 Å². The van der Waals surface area contributed by atoms with Gasteiger partial charge in [-0.05, 0) is 32.8 Å². The van der Waals surface area contributed by atoms with Crippen molar-refractivity contribution >= 4 is 17.6 Å². The van der Waals surface area contributed by atoms with E-state index in [9.17, 15) is 9.59 Å². The molecule has 3 heterocycles. The number of carbonyl (C=O) groups excluding carboxylic acids is 2. The first-order valence-corrected chi connectivity index (χ1v) is 8.93. The molecule has 2 saturated heterocycles. The number of amides is 3. The third-order valence-electron chi connectivity index (χ3n) is 5.07. The van der Waals surface area contributed by atoms with Crippen LogP contribution in [0.3, 0.4) is 0 Å². The number of nitrogens with one attached hydrogen (secondary N) is 1. The summed E-state index contributed by atoms with van der Waals surface area (Å²) in [6.45, 7) is 8.19. The van der Waals surface area contributed by atoms with Crippen molar-refractivity contribution in [2.75, 3.05) is 44.6 Å². The Morgan fingerprint density at radius 3 is 2.40 bits per heavy atom. The Kier molecular flexibility index (Phi) is 5.47. The van der Waals surface area contributed by atoms with E-state index in [1.165, 1.54) is 0 Å². The third kappa shape index (κ3) is 4.07. The van der Waals surface area contributed by atoms with Gasteiger partial charge >= 0.3 is 6.03 Å². The first-order valence-electron chi connectivity index (χ1n) is 8.93. The molecular formula is C17H26N6O2. The van der Waals surface area contributed by atoms with Crippen LogP contribution < -0.4 is 5.32 Å². The molecule has 1 unspecified atom stereocenters. The van der Waals surface area contributed by atoms with Gasteiger partial charge < -0.3 is 15.1 Å². The summed E-state index contributed by atoms with van der Waals surface area (Å²) in [6.07, 6.45) is 3.78. The normalized spacial score (nSPS) is 19.8. The fraction of sp³-hybridized carbons (Fsp3) is 0.647. The van der Waals surface area contributed by atoms with Crippen LogP contribution in [0, 0.1) is 6.92 Å². The Balaban J connectivity index is 1.50. The maximum Gasteiger partial charge on any atom is 0.321 e. The summed E-state index contributed by atoms with van der Waals surface area (Å²) < 4.78 is 0. The van der Waals surface area contributed by atoms with Crippen LogP contribution in [0.4, 0.5) is 10.5 Å². The Morgan fingerprint density at radius 2 is 1.76 bits per heavy atom. The van der Waals surface area contributed by atoms with E-state index in [1.807, 2.05) is 18.7 Å². The lowest BCUT2D eigenvalue weighted by molar-refractivity contribution is -0.135. The first kappa shape index (κ1) is 17.6. The van der Waals surface area contributed by atoms with Crippen LogP contribution in [-0.2, 0) is 4.79 Å². The van der Waals surface area contributed by atoms with Gasteiger partial charge in [0.1, 0.15) is 0 Å². The largest absolute Gasteiger partial charge is 0.341 e. The average Bonchev–Trinajstić information content (AvgIpc) is 3.17. The number of likely N-dealkylation sites (tertiary alicyclic amines) is 1. The second-order valence-corrected chi connectivity index (χ2v) is 6.69.